The number of nitrogens with one attached hydrogen (secondary N) is 1. The second-order valence-corrected chi connectivity index (χ2v) is 7.73. The van der Waals surface area contributed by atoms with Gasteiger partial charge in [0, 0.05) is 42.2 Å². The van der Waals surface area contributed by atoms with E-state index in [0.717, 1.165) is 13.0 Å². The number of anilines is 2. The fraction of sp³-hybridized carbons (Fsp3) is 0.227. The van der Waals surface area contributed by atoms with Crippen molar-refractivity contribution < 1.29 is 8.78 Å². The van der Waals surface area contributed by atoms with Crippen LogP contribution in [0.4, 0.5) is 20.2 Å². The van der Waals surface area contributed by atoms with Crippen molar-refractivity contribution in [2.24, 2.45) is 0 Å². The third-order valence-corrected chi connectivity index (χ3v) is 5.15. The summed E-state index contributed by atoms with van der Waals surface area (Å²) in [5, 5.41) is 29.8. The molecule has 176 valence electrons. The van der Waals surface area contributed by atoms with Gasteiger partial charge in [0.15, 0.2) is 11.5 Å². The molecule has 35 heavy (non-hydrogen) atoms. The summed E-state index contributed by atoms with van der Waals surface area (Å²) in [4.78, 5) is 8.90. The first kappa shape index (κ1) is 22.1. The third kappa shape index (κ3) is 4.54. The van der Waals surface area contributed by atoms with E-state index >= 15 is 0 Å². The van der Waals surface area contributed by atoms with Gasteiger partial charge < -0.3 is 5.32 Å². The molecular weight excluding hydrogens is 456 g/mol. The molecule has 13 heteroatoms. The summed E-state index contributed by atoms with van der Waals surface area (Å²) in [6, 6.07) is 5.51. The summed E-state index contributed by atoms with van der Waals surface area (Å²) in [7, 11) is 0. The zero-order valence-corrected chi connectivity index (χ0v) is 18.5. The quantitative estimate of drug-likeness (QED) is 0.361. The van der Waals surface area contributed by atoms with Crippen molar-refractivity contribution in [3.8, 4) is 23.1 Å². The maximum atomic E-state index is 12.8. The zero-order chi connectivity index (χ0) is 24.4. The molecule has 0 aliphatic heterocycles. The Morgan fingerprint density at radius 2 is 1.94 bits per heavy atom. The zero-order valence-electron chi connectivity index (χ0n) is 18.5. The summed E-state index contributed by atoms with van der Waals surface area (Å²) >= 11 is 0. The topological polar surface area (TPSA) is 128 Å². The number of hydrogen-bond acceptors (Lipinski definition) is 8. The Bertz CT molecular complexity index is 1530. The summed E-state index contributed by atoms with van der Waals surface area (Å²) in [5.74, 6) is 0.462. The number of fused-ring (bicyclic) bond motifs is 1. The van der Waals surface area contributed by atoms with Gasteiger partial charge in [-0.2, -0.15) is 20.1 Å². The molecule has 5 rings (SSSR count). The van der Waals surface area contributed by atoms with Gasteiger partial charge in [0.05, 0.1) is 35.5 Å². The Labute approximate surface area is 197 Å². The molecule has 5 heterocycles. The van der Waals surface area contributed by atoms with E-state index in [2.05, 4.69) is 41.9 Å². The molecule has 0 amide bonds. The van der Waals surface area contributed by atoms with Gasteiger partial charge in [0.2, 0.25) is 0 Å². The number of alkyl halides is 2. The molecule has 11 nitrogen and oxygen atoms in total. The summed E-state index contributed by atoms with van der Waals surface area (Å²) in [6.45, 7) is 2.26. The molecule has 5 aromatic heterocycles. The normalized spacial score (nSPS) is 11.3. The van der Waals surface area contributed by atoms with Crippen LogP contribution in [0.15, 0.2) is 49.3 Å². The second kappa shape index (κ2) is 9.26. The standard InChI is InChI=1S/C22H19F2N11/c1-2-3-33-12-19(31-32-33)17-10-26-21(35-22-15(8-29-35)4-14(6-25)7-27-22)5-18(17)30-16-9-28-34(11-16)13-20(23)24/h4-5,7-12,20H,2-3,13H2,1H3,(H,26,30). The lowest BCUT2D eigenvalue weighted by Gasteiger charge is -2.11. The number of aryl methyl sites for hydroxylation is 1. The minimum atomic E-state index is -2.51. The Morgan fingerprint density at radius 1 is 1.06 bits per heavy atom. The minimum absolute atomic E-state index is 0.429. The summed E-state index contributed by atoms with van der Waals surface area (Å²) < 4.78 is 30.0. The number of nitriles is 1. The monoisotopic (exact) mass is 475 g/mol. The van der Waals surface area contributed by atoms with Crippen molar-refractivity contribution in [2.45, 2.75) is 32.9 Å². The molecule has 0 aliphatic carbocycles. The van der Waals surface area contributed by atoms with Gasteiger partial charge in [-0.15, -0.1) is 5.10 Å². The van der Waals surface area contributed by atoms with Crippen molar-refractivity contribution >= 4 is 22.4 Å². The van der Waals surface area contributed by atoms with Gasteiger partial charge >= 0.3 is 0 Å². The van der Waals surface area contributed by atoms with E-state index in [0.29, 0.717) is 45.0 Å². The number of aromatic nitrogens is 9. The molecule has 5 aromatic rings. The van der Waals surface area contributed by atoms with Crippen molar-refractivity contribution in [1.82, 2.24) is 44.5 Å². The van der Waals surface area contributed by atoms with E-state index in [1.54, 1.807) is 33.9 Å². The van der Waals surface area contributed by atoms with Crippen LogP contribution in [0.1, 0.15) is 18.9 Å². The number of hydrogen-bond donors (Lipinski definition) is 1. The van der Waals surface area contributed by atoms with Gasteiger partial charge in [0.1, 0.15) is 18.3 Å². The van der Waals surface area contributed by atoms with Crippen LogP contribution >= 0.6 is 0 Å². The van der Waals surface area contributed by atoms with E-state index in [9.17, 15) is 8.78 Å². The van der Waals surface area contributed by atoms with E-state index in [1.807, 2.05) is 13.1 Å². The fourth-order valence-electron chi connectivity index (χ4n) is 3.60. The van der Waals surface area contributed by atoms with Crippen molar-refractivity contribution in [1.29, 1.82) is 5.26 Å². The summed E-state index contributed by atoms with van der Waals surface area (Å²) in [6.07, 6.45) is 7.89. The average Bonchev–Trinajstić information content (AvgIpc) is 3.59. The molecule has 0 aromatic carbocycles. The summed E-state index contributed by atoms with van der Waals surface area (Å²) in [5.41, 5.74) is 3.35. The van der Waals surface area contributed by atoms with E-state index in [1.165, 1.54) is 23.3 Å². The maximum absolute atomic E-state index is 12.8. The van der Waals surface area contributed by atoms with E-state index in [4.69, 9.17) is 5.26 Å². The van der Waals surface area contributed by atoms with Crippen LogP contribution < -0.4 is 5.32 Å². The van der Waals surface area contributed by atoms with E-state index < -0.39 is 13.0 Å². The molecule has 0 spiro atoms. The van der Waals surface area contributed by atoms with Crippen molar-refractivity contribution in [2.75, 3.05) is 5.32 Å². The van der Waals surface area contributed by atoms with Gasteiger partial charge in [-0.05, 0) is 12.5 Å². The molecule has 1 N–H and O–H groups in total. The van der Waals surface area contributed by atoms with Crippen LogP contribution in [-0.4, -0.2) is 50.9 Å². The first-order valence-corrected chi connectivity index (χ1v) is 10.8. The number of halogens is 2. The van der Waals surface area contributed by atoms with Gasteiger partial charge in [-0.25, -0.2) is 18.7 Å². The second-order valence-electron chi connectivity index (χ2n) is 7.73. The van der Waals surface area contributed by atoms with Gasteiger partial charge in [-0.1, -0.05) is 12.1 Å². The molecular formula is C22H19F2N11. The Balaban J connectivity index is 1.56. The lowest BCUT2D eigenvalue weighted by Crippen LogP contribution is -2.06. The third-order valence-electron chi connectivity index (χ3n) is 5.15. The van der Waals surface area contributed by atoms with Crippen LogP contribution in [-0.2, 0) is 13.1 Å². The van der Waals surface area contributed by atoms with Crippen LogP contribution in [0.2, 0.25) is 0 Å². The molecule has 0 fully saturated rings. The largest absolute Gasteiger partial charge is 0.352 e. The van der Waals surface area contributed by atoms with Crippen molar-refractivity contribution in [3.05, 3.63) is 54.9 Å². The fourth-order valence-corrected chi connectivity index (χ4v) is 3.60. The lowest BCUT2D eigenvalue weighted by atomic mass is 10.1. The predicted molar refractivity (Wildman–Crippen MR) is 122 cm³/mol. The number of pyridine rings is 2. The Kier molecular flexibility index (Phi) is 5.84. The highest BCUT2D eigenvalue weighted by atomic mass is 19.3. The van der Waals surface area contributed by atoms with Crippen LogP contribution in [0, 0.1) is 11.3 Å². The lowest BCUT2D eigenvalue weighted by molar-refractivity contribution is 0.122. The molecule has 0 atom stereocenters. The van der Waals surface area contributed by atoms with Crippen LogP contribution in [0.3, 0.4) is 0 Å². The Hall–Kier alpha value is -4.73. The molecule has 0 saturated carbocycles. The number of nitrogens with zero attached hydrogens (tertiary/aromatic N) is 10. The molecule has 0 unspecified atom stereocenters. The Morgan fingerprint density at radius 3 is 2.74 bits per heavy atom. The van der Waals surface area contributed by atoms with Crippen molar-refractivity contribution in [3.63, 3.8) is 0 Å². The minimum Gasteiger partial charge on any atom is -0.352 e. The highest BCUT2D eigenvalue weighted by molar-refractivity contribution is 5.81. The molecule has 0 bridgehead atoms. The predicted octanol–water partition coefficient (Wildman–Crippen LogP) is 3.56. The van der Waals surface area contributed by atoms with Gasteiger partial charge in [0.25, 0.3) is 6.43 Å². The maximum Gasteiger partial charge on any atom is 0.257 e. The van der Waals surface area contributed by atoms with Crippen LogP contribution in [0.25, 0.3) is 28.1 Å². The average molecular weight is 475 g/mol. The number of rotatable bonds is 8. The first-order valence-electron chi connectivity index (χ1n) is 10.8. The SMILES string of the molecule is CCCn1cc(-c2cnc(-n3ncc4cc(C#N)cnc43)cc2Nc2cnn(CC(F)F)c2)nn1. The molecule has 0 aliphatic rings. The highest BCUT2D eigenvalue weighted by Gasteiger charge is 2.16. The smallest absolute Gasteiger partial charge is 0.257 e. The highest BCUT2D eigenvalue weighted by Crippen LogP contribution is 2.30. The van der Waals surface area contributed by atoms with Gasteiger partial charge in [-0.3, -0.25) is 9.36 Å². The first-order chi connectivity index (χ1) is 17.0. The van der Waals surface area contributed by atoms with E-state index in [-0.39, 0.29) is 0 Å². The molecule has 0 radical (unpaired) electrons. The van der Waals surface area contributed by atoms with Crippen LogP contribution in [0.5, 0.6) is 0 Å². The molecule has 0 saturated heterocycles.